The largest absolute Gasteiger partial charge is 0.481 e. The number of methoxy groups -OCH3 is 1. The molecule has 0 aliphatic carbocycles. The van der Waals surface area contributed by atoms with Crippen molar-refractivity contribution in [2.45, 2.75) is 24.9 Å². The van der Waals surface area contributed by atoms with E-state index in [2.05, 4.69) is 4.98 Å². The first kappa shape index (κ1) is 22.1. The summed E-state index contributed by atoms with van der Waals surface area (Å²) in [7, 11) is 1.54. The van der Waals surface area contributed by atoms with E-state index in [9.17, 15) is 14.7 Å². The third kappa shape index (κ3) is 4.16. The summed E-state index contributed by atoms with van der Waals surface area (Å²) in [6.07, 6.45) is 2.49. The predicted molar refractivity (Wildman–Crippen MR) is 122 cm³/mol. The lowest BCUT2D eigenvalue weighted by atomic mass is 10.0. The SMILES string of the molecule is COc1ccc(-c2ccc(C(=O)N3[C@@H](c4ccccc4Cl)CC[C@H]3C(=O)O)cc2Cl)cn1. The van der Waals surface area contributed by atoms with E-state index < -0.39 is 24.0 Å². The van der Waals surface area contributed by atoms with Gasteiger partial charge in [0, 0.05) is 39.0 Å². The predicted octanol–water partition coefficient (Wildman–Crippen LogP) is 5.49. The van der Waals surface area contributed by atoms with Crippen molar-refractivity contribution in [1.29, 1.82) is 0 Å². The third-order valence-corrected chi connectivity index (χ3v) is 6.30. The Balaban J connectivity index is 1.68. The Kier molecular flexibility index (Phi) is 6.35. The van der Waals surface area contributed by atoms with Crippen LogP contribution in [-0.4, -0.2) is 40.0 Å². The molecule has 1 amide bonds. The van der Waals surface area contributed by atoms with Crippen LogP contribution >= 0.6 is 23.2 Å². The van der Waals surface area contributed by atoms with Crippen LogP contribution in [0.5, 0.6) is 5.88 Å². The second-order valence-corrected chi connectivity index (χ2v) is 8.28. The van der Waals surface area contributed by atoms with Crippen molar-refractivity contribution in [2.24, 2.45) is 0 Å². The topological polar surface area (TPSA) is 79.7 Å². The Morgan fingerprint density at radius 3 is 2.47 bits per heavy atom. The van der Waals surface area contributed by atoms with E-state index in [0.717, 1.165) is 11.1 Å². The van der Waals surface area contributed by atoms with Crippen LogP contribution in [-0.2, 0) is 4.79 Å². The molecule has 1 saturated heterocycles. The molecule has 32 heavy (non-hydrogen) atoms. The van der Waals surface area contributed by atoms with Crippen LogP contribution < -0.4 is 4.74 Å². The molecule has 1 aromatic heterocycles. The normalized spacial score (nSPS) is 17.9. The molecular formula is C24H20Cl2N2O4. The van der Waals surface area contributed by atoms with Gasteiger partial charge >= 0.3 is 5.97 Å². The molecule has 2 aromatic carbocycles. The monoisotopic (exact) mass is 470 g/mol. The number of carbonyl (C=O) groups is 2. The number of likely N-dealkylation sites (tertiary alicyclic amines) is 1. The molecule has 0 radical (unpaired) electrons. The molecule has 8 heteroatoms. The minimum atomic E-state index is -1.04. The van der Waals surface area contributed by atoms with Crippen molar-refractivity contribution >= 4 is 35.1 Å². The Morgan fingerprint density at radius 1 is 1.06 bits per heavy atom. The van der Waals surface area contributed by atoms with Crippen molar-refractivity contribution in [1.82, 2.24) is 9.88 Å². The second-order valence-electron chi connectivity index (χ2n) is 7.46. The Labute approximate surface area is 195 Å². The van der Waals surface area contributed by atoms with Gasteiger partial charge in [-0.2, -0.15) is 0 Å². The van der Waals surface area contributed by atoms with E-state index in [4.69, 9.17) is 27.9 Å². The van der Waals surface area contributed by atoms with E-state index >= 15 is 0 Å². The molecule has 1 aliphatic rings. The molecule has 2 heterocycles. The van der Waals surface area contributed by atoms with E-state index in [1.807, 2.05) is 18.2 Å². The van der Waals surface area contributed by atoms with E-state index in [1.54, 1.807) is 42.6 Å². The lowest BCUT2D eigenvalue weighted by Gasteiger charge is -2.29. The van der Waals surface area contributed by atoms with E-state index in [1.165, 1.54) is 12.0 Å². The molecule has 0 saturated carbocycles. The average molecular weight is 471 g/mol. The number of aliphatic carboxylic acids is 1. The first-order valence-electron chi connectivity index (χ1n) is 10.0. The standard InChI is InChI=1S/C24H20Cl2N2O4/c1-32-22-11-7-15(13-27-22)16-8-6-14(12-19(16)26)23(29)28-20(9-10-21(28)24(30)31)17-4-2-3-5-18(17)25/h2-8,11-13,20-21H,9-10H2,1H3,(H,30,31)/t20-,21+/m1/s1. The van der Waals surface area contributed by atoms with Gasteiger partial charge in [0.2, 0.25) is 5.88 Å². The first-order valence-corrected chi connectivity index (χ1v) is 10.8. The summed E-state index contributed by atoms with van der Waals surface area (Å²) < 4.78 is 5.08. The highest BCUT2D eigenvalue weighted by Crippen LogP contribution is 2.40. The molecule has 164 valence electrons. The highest BCUT2D eigenvalue weighted by Gasteiger charge is 2.42. The first-order chi connectivity index (χ1) is 15.4. The molecule has 1 aliphatic heterocycles. The van der Waals surface area contributed by atoms with E-state index in [0.29, 0.717) is 39.9 Å². The van der Waals surface area contributed by atoms with Crippen LogP contribution in [0.1, 0.15) is 34.8 Å². The Hall–Kier alpha value is -3.09. The fourth-order valence-corrected chi connectivity index (χ4v) is 4.63. The van der Waals surface area contributed by atoms with Gasteiger partial charge in [-0.3, -0.25) is 4.79 Å². The molecule has 3 aromatic rings. The van der Waals surface area contributed by atoms with Gasteiger partial charge in [-0.25, -0.2) is 9.78 Å². The van der Waals surface area contributed by atoms with Crippen LogP contribution in [0.15, 0.2) is 60.8 Å². The summed E-state index contributed by atoms with van der Waals surface area (Å²) >= 11 is 12.9. The molecule has 0 spiro atoms. The molecule has 6 nitrogen and oxygen atoms in total. The van der Waals surface area contributed by atoms with Crippen LogP contribution in [0, 0.1) is 0 Å². The van der Waals surface area contributed by atoms with Crippen molar-refractivity contribution in [2.75, 3.05) is 7.11 Å². The maximum Gasteiger partial charge on any atom is 0.326 e. The maximum absolute atomic E-state index is 13.5. The fourth-order valence-electron chi connectivity index (χ4n) is 4.08. The van der Waals surface area contributed by atoms with Gasteiger partial charge in [0.05, 0.1) is 13.2 Å². The zero-order valence-corrected chi connectivity index (χ0v) is 18.7. The highest BCUT2D eigenvalue weighted by atomic mass is 35.5. The smallest absolute Gasteiger partial charge is 0.326 e. The molecule has 2 atom stereocenters. The molecule has 1 fully saturated rings. The quantitative estimate of drug-likeness (QED) is 0.532. The summed E-state index contributed by atoms with van der Waals surface area (Å²) in [4.78, 5) is 31.0. The lowest BCUT2D eigenvalue weighted by molar-refractivity contribution is -0.141. The van der Waals surface area contributed by atoms with Gasteiger partial charge in [0.25, 0.3) is 5.91 Å². The number of amides is 1. The maximum atomic E-state index is 13.5. The highest BCUT2D eigenvalue weighted by molar-refractivity contribution is 6.33. The Bertz CT molecular complexity index is 1170. The van der Waals surface area contributed by atoms with Crippen molar-refractivity contribution in [3.63, 3.8) is 0 Å². The summed E-state index contributed by atoms with van der Waals surface area (Å²) in [6.45, 7) is 0. The van der Waals surface area contributed by atoms with E-state index in [-0.39, 0.29) is 0 Å². The number of carbonyl (C=O) groups excluding carboxylic acids is 1. The number of halogens is 2. The van der Waals surface area contributed by atoms with Crippen LogP contribution in [0.4, 0.5) is 0 Å². The van der Waals surface area contributed by atoms with Gasteiger partial charge < -0.3 is 14.7 Å². The number of rotatable bonds is 5. The molecule has 0 unspecified atom stereocenters. The van der Waals surface area contributed by atoms with Crippen molar-refractivity contribution in [3.05, 3.63) is 82.0 Å². The number of pyridine rings is 1. The number of hydrogen-bond donors (Lipinski definition) is 1. The second kappa shape index (κ2) is 9.18. The number of ether oxygens (including phenoxy) is 1. The molecule has 0 bridgehead atoms. The lowest BCUT2D eigenvalue weighted by Crippen LogP contribution is -2.41. The summed E-state index contributed by atoms with van der Waals surface area (Å²) in [6, 6.07) is 14.3. The van der Waals surface area contributed by atoms with Crippen molar-refractivity contribution in [3.8, 4) is 17.0 Å². The Morgan fingerprint density at radius 2 is 1.84 bits per heavy atom. The van der Waals surface area contributed by atoms with Crippen LogP contribution in [0.3, 0.4) is 0 Å². The molecule has 4 rings (SSSR count). The summed E-state index contributed by atoms with van der Waals surface area (Å²) in [5.74, 6) is -0.961. The van der Waals surface area contributed by atoms with Gasteiger partial charge in [-0.1, -0.05) is 47.5 Å². The summed E-state index contributed by atoms with van der Waals surface area (Å²) in [5, 5.41) is 10.6. The zero-order chi connectivity index (χ0) is 22.8. The molecule has 1 N–H and O–H groups in total. The number of carboxylic acids is 1. The minimum absolute atomic E-state index is 0.311. The number of aromatic nitrogens is 1. The number of benzene rings is 2. The third-order valence-electron chi connectivity index (χ3n) is 5.64. The van der Waals surface area contributed by atoms with Crippen LogP contribution in [0.2, 0.25) is 10.0 Å². The summed E-state index contributed by atoms with van der Waals surface area (Å²) in [5.41, 5.74) is 2.52. The average Bonchev–Trinajstić information content (AvgIpc) is 3.24. The van der Waals surface area contributed by atoms with Gasteiger partial charge in [-0.05, 0) is 42.7 Å². The molecular weight excluding hydrogens is 451 g/mol. The number of carboxylic acid groups (broad SMARTS) is 1. The van der Waals surface area contributed by atoms with Gasteiger partial charge in [0.15, 0.2) is 0 Å². The van der Waals surface area contributed by atoms with Gasteiger partial charge in [-0.15, -0.1) is 0 Å². The minimum Gasteiger partial charge on any atom is -0.481 e. The fraction of sp³-hybridized carbons (Fsp3) is 0.208. The van der Waals surface area contributed by atoms with Crippen LogP contribution in [0.25, 0.3) is 11.1 Å². The van der Waals surface area contributed by atoms with Crippen molar-refractivity contribution < 1.29 is 19.4 Å². The number of nitrogens with zero attached hydrogens (tertiary/aromatic N) is 2. The number of hydrogen-bond acceptors (Lipinski definition) is 4. The zero-order valence-electron chi connectivity index (χ0n) is 17.2. The van der Waals surface area contributed by atoms with Gasteiger partial charge in [0.1, 0.15) is 6.04 Å².